The summed E-state index contributed by atoms with van der Waals surface area (Å²) in [5.74, 6) is -1.14. The van der Waals surface area contributed by atoms with Crippen LogP contribution in [0.5, 0.6) is 5.75 Å². The molecule has 11 nitrogen and oxygen atoms in total. The van der Waals surface area contributed by atoms with Gasteiger partial charge in [-0.25, -0.2) is 14.4 Å². The molecule has 0 aliphatic carbocycles. The second kappa shape index (κ2) is 14.4. The van der Waals surface area contributed by atoms with E-state index in [-0.39, 0.29) is 6.03 Å². The van der Waals surface area contributed by atoms with Crippen LogP contribution in [0.4, 0.5) is 10.5 Å². The lowest BCUT2D eigenvalue weighted by atomic mass is 9.80. The Balaban J connectivity index is 1.32. The third-order valence-corrected chi connectivity index (χ3v) is 8.28. The molecule has 236 valence electrons. The van der Waals surface area contributed by atoms with E-state index in [1.54, 1.807) is 45.2 Å². The molecule has 1 saturated heterocycles. The van der Waals surface area contributed by atoms with E-state index >= 15 is 0 Å². The van der Waals surface area contributed by atoms with Crippen molar-refractivity contribution < 1.29 is 33.7 Å². The van der Waals surface area contributed by atoms with E-state index in [0.717, 1.165) is 37.4 Å². The first-order valence-corrected chi connectivity index (χ1v) is 14.7. The molecule has 2 amide bonds. The number of methoxy groups -OCH3 is 3. The largest absolute Gasteiger partial charge is 0.497 e. The molecular formula is C33H42N4O7. The Labute approximate surface area is 258 Å². The summed E-state index contributed by atoms with van der Waals surface area (Å²) in [5.41, 5.74) is 2.87. The number of nitrogens with zero attached hydrogens (tertiary/aromatic N) is 1. The predicted octanol–water partition coefficient (Wildman–Crippen LogP) is 3.77. The quantitative estimate of drug-likeness (QED) is 0.235. The van der Waals surface area contributed by atoms with Gasteiger partial charge in [0.15, 0.2) is 0 Å². The van der Waals surface area contributed by atoms with Gasteiger partial charge < -0.3 is 40.2 Å². The summed E-state index contributed by atoms with van der Waals surface area (Å²) < 4.78 is 15.4. The lowest BCUT2D eigenvalue weighted by molar-refractivity contribution is -0.137. The molecular weight excluding hydrogens is 564 g/mol. The van der Waals surface area contributed by atoms with Crippen LogP contribution in [-0.2, 0) is 24.7 Å². The Kier molecular flexibility index (Phi) is 10.7. The van der Waals surface area contributed by atoms with E-state index in [9.17, 15) is 19.5 Å². The fraction of sp³-hybridized carbons (Fsp3) is 0.424. The number of likely N-dealkylation sites (tertiary alicyclic amines) is 1. The number of amides is 2. The maximum Gasteiger partial charge on any atom is 0.336 e. The molecule has 2 aliphatic heterocycles. The van der Waals surface area contributed by atoms with Gasteiger partial charge in [0.05, 0.1) is 44.0 Å². The van der Waals surface area contributed by atoms with Crippen LogP contribution in [0, 0.1) is 0 Å². The smallest absolute Gasteiger partial charge is 0.336 e. The Bertz CT molecular complexity index is 1410. The fourth-order valence-corrected chi connectivity index (χ4v) is 5.91. The second-order valence-corrected chi connectivity index (χ2v) is 11.1. The number of urea groups is 1. The van der Waals surface area contributed by atoms with Gasteiger partial charge in [0, 0.05) is 36.7 Å². The van der Waals surface area contributed by atoms with Crippen LogP contribution in [0.15, 0.2) is 71.1 Å². The molecule has 0 spiro atoms. The van der Waals surface area contributed by atoms with Crippen molar-refractivity contribution in [3.8, 4) is 5.75 Å². The van der Waals surface area contributed by atoms with Gasteiger partial charge in [0.2, 0.25) is 0 Å². The average Bonchev–Trinajstić information content (AvgIpc) is 3.03. The summed E-state index contributed by atoms with van der Waals surface area (Å²) in [4.78, 5) is 40.6. The highest BCUT2D eigenvalue weighted by atomic mass is 16.5. The zero-order valence-corrected chi connectivity index (χ0v) is 26.0. The predicted molar refractivity (Wildman–Crippen MR) is 166 cm³/mol. The van der Waals surface area contributed by atoms with Crippen LogP contribution < -0.4 is 20.7 Å². The highest BCUT2D eigenvalue weighted by Crippen LogP contribution is 2.40. The third kappa shape index (κ3) is 7.40. The number of allylic oxidation sites excluding steroid dienone is 2. The monoisotopic (exact) mass is 606 g/mol. The normalized spacial score (nSPS) is 17.0. The van der Waals surface area contributed by atoms with Gasteiger partial charge in [0.25, 0.3) is 0 Å². The standard InChI is InChI=1S/C33H42N4O7/c1-21-27(30(38)43-4)29(28(22(2)35-21)31(39)44-5)23-9-6-11-25(19-23)36-32(40)34-15-8-16-37-17-13-33(41,14-18-37)24-10-7-12-26(20-24)42-3/h6-7,9-12,19-20,29,35,41H,8,13-18H2,1-5H3,(H2,34,36,40). The van der Waals surface area contributed by atoms with Crippen molar-refractivity contribution in [1.29, 1.82) is 0 Å². The summed E-state index contributed by atoms with van der Waals surface area (Å²) in [5, 5.41) is 20.0. The third-order valence-electron chi connectivity index (χ3n) is 8.28. The number of hydrogen-bond donors (Lipinski definition) is 4. The number of rotatable bonds is 10. The highest BCUT2D eigenvalue weighted by molar-refractivity contribution is 6.00. The lowest BCUT2D eigenvalue weighted by Crippen LogP contribution is -2.43. The Morgan fingerprint density at radius 2 is 1.59 bits per heavy atom. The molecule has 2 aromatic rings. The van der Waals surface area contributed by atoms with E-state index in [2.05, 4.69) is 20.9 Å². The Hall–Kier alpha value is -4.35. The molecule has 11 heteroatoms. The molecule has 2 aliphatic rings. The molecule has 0 saturated carbocycles. The molecule has 2 heterocycles. The van der Waals surface area contributed by atoms with Crippen molar-refractivity contribution in [3.63, 3.8) is 0 Å². The maximum absolute atomic E-state index is 12.8. The number of benzene rings is 2. The van der Waals surface area contributed by atoms with Crippen molar-refractivity contribution in [3.05, 3.63) is 82.2 Å². The molecule has 0 bridgehead atoms. The first-order chi connectivity index (χ1) is 21.1. The number of carbonyl (C=O) groups is 3. The molecule has 44 heavy (non-hydrogen) atoms. The molecule has 0 radical (unpaired) electrons. The van der Waals surface area contributed by atoms with Gasteiger partial charge in [-0.3, -0.25) is 0 Å². The number of piperidine rings is 1. The topological polar surface area (TPSA) is 138 Å². The van der Waals surface area contributed by atoms with Crippen molar-refractivity contribution in [2.45, 2.75) is 44.6 Å². The number of carbonyl (C=O) groups excluding carboxylic acids is 3. The number of esters is 2. The van der Waals surface area contributed by atoms with Crippen LogP contribution in [0.3, 0.4) is 0 Å². The molecule has 2 aromatic carbocycles. The van der Waals surface area contributed by atoms with E-state index < -0.39 is 23.5 Å². The number of dihydropyridines is 1. The molecule has 4 N–H and O–H groups in total. The van der Waals surface area contributed by atoms with Crippen molar-refractivity contribution in [1.82, 2.24) is 15.5 Å². The number of hydrogen-bond acceptors (Lipinski definition) is 9. The van der Waals surface area contributed by atoms with Crippen molar-refractivity contribution in [2.75, 3.05) is 52.8 Å². The minimum Gasteiger partial charge on any atom is -0.497 e. The molecule has 0 aromatic heterocycles. The molecule has 0 unspecified atom stereocenters. The summed E-state index contributed by atoms with van der Waals surface area (Å²) in [7, 11) is 4.20. The molecule has 0 atom stereocenters. The van der Waals surface area contributed by atoms with Crippen molar-refractivity contribution >= 4 is 23.7 Å². The highest BCUT2D eigenvalue weighted by Gasteiger charge is 2.38. The van der Waals surface area contributed by atoms with Crippen molar-refractivity contribution in [2.24, 2.45) is 0 Å². The molecule has 4 rings (SSSR count). The van der Waals surface area contributed by atoms with Crippen LogP contribution in [-0.4, -0.2) is 75.5 Å². The zero-order chi connectivity index (χ0) is 31.9. The molecule has 1 fully saturated rings. The summed E-state index contributed by atoms with van der Waals surface area (Å²) in [6.07, 6.45) is 2.00. The van der Waals surface area contributed by atoms with E-state index in [1.807, 2.05) is 24.3 Å². The summed E-state index contributed by atoms with van der Waals surface area (Å²) >= 11 is 0. The van der Waals surface area contributed by atoms with Crippen LogP contribution in [0.25, 0.3) is 0 Å². The SMILES string of the molecule is COC(=O)C1=C(C)NC(C)=C(C(=O)OC)C1c1cccc(NC(=O)NCCCN2CCC(O)(c3cccc(OC)c3)CC2)c1. The summed E-state index contributed by atoms with van der Waals surface area (Å²) in [6.45, 7) is 6.27. The van der Waals surface area contributed by atoms with E-state index in [0.29, 0.717) is 53.2 Å². The van der Waals surface area contributed by atoms with Gasteiger partial charge in [0.1, 0.15) is 5.75 Å². The Morgan fingerprint density at radius 3 is 2.20 bits per heavy atom. The minimum atomic E-state index is -0.871. The minimum absolute atomic E-state index is 0.291. The van der Waals surface area contributed by atoms with Crippen LogP contribution >= 0.6 is 0 Å². The fourth-order valence-electron chi connectivity index (χ4n) is 5.91. The van der Waals surface area contributed by atoms with E-state index in [1.165, 1.54) is 14.2 Å². The lowest BCUT2D eigenvalue weighted by Gasteiger charge is -2.38. The van der Waals surface area contributed by atoms with Gasteiger partial charge in [-0.05, 0) is 75.0 Å². The average molecular weight is 607 g/mol. The van der Waals surface area contributed by atoms with E-state index in [4.69, 9.17) is 14.2 Å². The first-order valence-electron chi connectivity index (χ1n) is 14.7. The van der Waals surface area contributed by atoms with Gasteiger partial charge in [-0.15, -0.1) is 0 Å². The van der Waals surface area contributed by atoms with Gasteiger partial charge in [-0.1, -0.05) is 24.3 Å². The zero-order valence-electron chi connectivity index (χ0n) is 26.0. The number of aliphatic hydroxyl groups is 1. The van der Waals surface area contributed by atoms with Crippen LogP contribution in [0.1, 0.15) is 50.2 Å². The number of ether oxygens (including phenoxy) is 3. The summed E-state index contributed by atoms with van der Waals surface area (Å²) in [6, 6.07) is 14.3. The van der Waals surface area contributed by atoms with Crippen LogP contribution in [0.2, 0.25) is 0 Å². The second-order valence-electron chi connectivity index (χ2n) is 11.1. The first kappa shape index (κ1) is 32.6. The Morgan fingerprint density at radius 1 is 0.955 bits per heavy atom. The maximum atomic E-state index is 12.8. The van der Waals surface area contributed by atoms with Gasteiger partial charge in [-0.2, -0.15) is 0 Å². The number of anilines is 1. The number of nitrogens with one attached hydrogen (secondary N) is 3. The van der Waals surface area contributed by atoms with Gasteiger partial charge >= 0.3 is 18.0 Å².